The smallest absolute Gasteiger partial charge is 0.333 e. The van der Waals surface area contributed by atoms with Crippen LogP contribution in [0.2, 0.25) is 0 Å². The number of esters is 1. The van der Waals surface area contributed by atoms with Crippen molar-refractivity contribution < 1.29 is 26.5 Å². The molecule has 0 bridgehead atoms. The zero-order chi connectivity index (χ0) is 20.0. The number of hydrogen-bond acceptors (Lipinski definition) is 2. The van der Waals surface area contributed by atoms with Gasteiger partial charge in [0.1, 0.15) is 6.61 Å². The molecule has 4 heteroatoms. The summed E-state index contributed by atoms with van der Waals surface area (Å²) in [5.74, 6) is -0.239. The summed E-state index contributed by atoms with van der Waals surface area (Å²) >= 11 is 0. The van der Waals surface area contributed by atoms with Crippen molar-refractivity contribution in [2.24, 2.45) is 0 Å². The van der Waals surface area contributed by atoms with E-state index in [9.17, 15) is 4.79 Å². The van der Waals surface area contributed by atoms with Crippen LogP contribution in [0.25, 0.3) is 0 Å². The quantitative estimate of drug-likeness (QED) is 0.103. The first-order valence-corrected chi connectivity index (χ1v) is 13.5. The fraction of sp³-hybridized carbons (Fsp3) is 0.875. The molecule has 2 nitrogen and oxygen atoms in total. The van der Waals surface area contributed by atoms with E-state index in [0.717, 1.165) is 6.16 Å². The maximum Gasteiger partial charge on any atom is 0.333 e. The molecule has 0 aliphatic heterocycles. The number of rotatable bonds is 21. The Bertz CT molecular complexity index is 347. The van der Waals surface area contributed by atoms with Gasteiger partial charge >= 0.3 is 5.97 Å². The molecule has 0 saturated heterocycles. The number of carbonyl (C=O) groups excluding carboxylic acids is 1. The second-order valence-electron chi connectivity index (χ2n) is 8.09. The zero-order valence-electron chi connectivity index (χ0n) is 18.9. The van der Waals surface area contributed by atoms with E-state index >= 15 is 0 Å². The molecule has 0 aromatic rings. The van der Waals surface area contributed by atoms with E-state index in [2.05, 4.69) is 13.5 Å². The first kappa shape index (κ1) is 30.3. The lowest BCUT2D eigenvalue weighted by molar-refractivity contribution is -0.138. The molecule has 28 heavy (non-hydrogen) atoms. The Morgan fingerprint density at radius 1 is 0.714 bits per heavy atom. The van der Waals surface area contributed by atoms with Crippen LogP contribution in [-0.2, 0) is 9.53 Å². The minimum absolute atomic E-state index is 0. The van der Waals surface area contributed by atoms with E-state index < -0.39 is 0 Å². The van der Waals surface area contributed by atoms with Gasteiger partial charge in [0.25, 0.3) is 0 Å². The third kappa shape index (κ3) is 24.2. The number of ether oxygens (including phenoxy) is 1. The van der Waals surface area contributed by atoms with Crippen molar-refractivity contribution in [3.05, 3.63) is 12.2 Å². The maximum absolute atomic E-state index is 11.2. The lowest BCUT2D eigenvalue weighted by atomic mass is 10.0. The van der Waals surface area contributed by atoms with Gasteiger partial charge in [-0.25, -0.2) is 4.79 Å². The highest BCUT2D eigenvalue weighted by atomic mass is 79.9. The topological polar surface area (TPSA) is 26.3 Å². The van der Waals surface area contributed by atoms with Gasteiger partial charge in [-0.05, 0) is 28.3 Å². The molecular formula is C24H48BrO2P. The molecular weight excluding hydrogens is 431 g/mol. The fourth-order valence-electron chi connectivity index (χ4n) is 3.34. The zero-order valence-corrected chi connectivity index (χ0v) is 21.7. The summed E-state index contributed by atoms with van der Waals surface area (Å²) in [6.07, 6.45) is 25.3. The Balaban J connectivity index is 0. The Hall–Kier alpha value is 0.120. The lowest BCUT2D eigenvalue weighted by Gasteiger charge is -2.03. The minimum atomic E-state index is -0.239. The summed E-state index contributed by atoms with van der Waals surface area (Å²) in [6.45, 7) is 8.16. The molecule has 0 N–H and O–H groups in total. The van der Waals surface area contributed by atoms with Crippen molar-refractivity contribution in [3.8, 4) is 0 Å². The summed E-state index contributed by atoms with van der Waals surface area (Å²) in [5.41, 5.74) is 0.503. The van der Waals surface area contributed by atoms with Crippen LogP contribution >= 0.6 is 8.58 Å². The van der Waals surface area contributed by atoms with Gasteiger partial charge in [0.05, 0.1) is 12.3 Å². The van der Waals surface area contributed by atoms with Gasteiger partial charge < -0.3 is 21.7 Å². The molecule has 0 fully saturated rings. The Kier molecular flexibility index (Phi) is 27.2. The molecule has 0 amide bonds. The van der Waals surface area contributed by atoms with E-state index in [4.69, 9.17) is 4.74 Å². The number of unbranched alkanes of at least 4 members (excludes halogenated alkanes) is 15. The van der Waals surface area contributed by atoms with Gasteiger partial charge in [-0.2, -0.15) is 0 Å². The molecule has 0 heterocycles. The van der Waals surface area contributed by atoms with Crippen LogP contribution in [0.15, 0.2) is 12.2 Å². The Labute approximate surface area is 188 Å². The molecule has 168 valence electrons. The molecule has 0 aliphatic carbocycles. The van der Waals surface area contributed by atoms with E-state index in [0.29, 0.717) is 20.8 Å². The van der Waals surface area contributed by atoms with Gasteiger partial charge in [0.2, 0.25) is 0 Å². The first-order valence-electron chi connectivity index (χ1n) is 11.8. The van der Waals surface area contributed by atoms with Crippen molar-refractivity contribution in [2.75, 3.05) is 18.9 Å². The average molecular weight is 480 g/mol. The van der Waals surface area contributed by atoms with Crippen LogP contribution in [0.5, 0.6) is 0 Å². The highest BCUT2D eigenvalue weighted by Gasteiger charge is 2.03. The van der Waals surface area contributed by atoms with Crippen molar-refractivity contribution in [3.63, 3.8) is 0 Å². The van der Waals surface area contributed by atoms with Crippen molar-refractivity contribution in [2.45, 2.75) is 117 Å². The van der Waals surface area contributed by atoms with Crippen molar-refractivity contribution in [1.82, 2.24) is 0 Å². The van der Waals surface area contributed by atoms with Gasteiger partial charge in [0.15, 0.2) is 0 Å². The predicted octanol–water partition coefficient (Wildman–Crippen LogP) is 4.78. The highest BCUT2D eigenvalue weighted by Crippen LogP contribution is 2.16. The monoisotopic (exact) mass is 478 g/mol. The Morgan fingerprint density at radius 2 is 1.11 bits per heavy atom. The summed E-state index contributed by atoms with van der Waals surface area (Å²) in [5, 5.41) is 0. The molecule has 0 spiro atoms. The van der Waals surface area contributed by atoms with Crippen LogP contribution in [0, 0.1) is 0 Å². The predicted molar refractivity (Wildman–Crippen MR) is 125 cm³/mol. The van der Waals surface area contributed by atoms with Gasteiger partial charge in [-0.15, -0.1) is 0 Å². The number of hydrogen-bond donors (Lipinski definition) is 0. The highest BCUT2D eigenvalue weighted by molar-refractivity contribution is 7.37. The minimum Gasteiger partial charge on any atom is -1.00 e. The van der Waals surface area contributed by atoms with Crippen LogP contribution in [0.1, 0.15) is 117 Å². The van der Waals surface area contributed by atoms with Crippen molar-refractivity contribution in [1.29, 1.82) is 0 Å². The van der Waals surface area contributed by atoms with E-state index in [1.165, 1.54) is 109 Å². The Morgan fingerprint density at radius 3 is 1.50 bits per heavy atom. The molecule has 0 aromatic carbocycles. The van der Waals surface area contributed by atoms with Crippen LogP contribution in [0.4, 0.5) is 0 Å². The molecule has 0 aliphatic rings. The third-order valence-electron chi connectivity index (χ3n) is 5.17. The lowest BCUT2D eigenvalue weighted by Crippen LogP contribution is -3.00. The summed E-state index contributed by atoms with van der Waals surface area (Å²) < 4.78 is 5.12. The standard InChI is InChI=1S/C24H47O2P.BrH/c1-4-5-6-7-8-9-10-11-12-13-14-15-16-17-18-19-21-27-22-20-26-24(25)23(2)3;/h27H,2,4-22H2,1,3H3;1H. The summed E-state index contributed by atoms with van der Waals surface area (Å²) in [6, 6.07) is 0. The molecule has 1 unspecified atom stereocenters. The average Bonchev–Trinajstić information content (AvgIpc) is 2.66. The van der Waals surface area contributed by atoms with Crippen LogP contribution in [-0.4, -0.2) is 24.9 Å². The van der Waals surface area contributed by atoms with Crippen LogP contribution in [0.3, 0.4) is 0 Å². The largest absolute Gasteiger partial charge is 1.00 e. The van der Waals surface area contributed by atoms with E-state index in [1.807, 2.05) is 0 Å². The molecule has 1 atom stereocenters. The SMILES string of the molecule is C=C(C)C(=O)OCC[PH2+]CCCCCCCCCCCCCCCCCC.[Br-]. The molecule has 0 aromatic heterocycles. The normalized spacial score (nSPS) is 10.9. The van der Waals surface area contributed by atoms with E-state index in [-0.39, 0.29) is 23.0 Å². The second-order valence-corrected chi connectivity index (χ2v) is 9.82. The summed E-state index contributed by atoms with van der Waals surface area (Å²) in [4.78, 5) is 11.2. The maximum atomic E-state index is 11.2. The molecule has 0 saturated carbocycles. The fourth-order valence-corrected chi connectivity index (χ4v) is 4.49. The van der Waals surface area contributed by atoms with Gasteiger partial charge in [-0.3, -0.25) is 0 Å². The number of carbonyl (C=O) groups is 1. The number of halogens is 1. The first-order chi connectivity index (χ1) is 13.2. The summed E-state index contributed by atoms with van der Waals surface area (Å²) in [7, 11) is 0.451. The van der Waals surface area contributed by atoms with Crippen LogP contribution < -0.4 is 17.0 Å². The third-order valence-corrected chi connectivity index (χ3v) is 6.63. The second kappa shape index (κ2) is 25.2. The molecule has 0 rings (SSSR count). The van der Waals surface area contributed by atoms with Gasteiger partial charge in [-0.1, -0.05) is 103 Å². The van der Waals surface area contributed by atoms with E-state index in [1.54, 1.807) is 6.92 Å². The molecule has 0 radical (unpaired) electrons. The van der Waals surface area contributed by atoms with Crippen molar-refractivity contribution >= 4 is 14.6 Å². The van der Waals surface area contributed by atoms with Gasteiger partial charge in [0, 0.05) is 5.57 Å².